The Morgan fingerprint density at radius 1 is 1.25 bits per heavy atom. The monoisotopic (exact) mass is 228 g/mol. The van der Waals surface area contributed by atoms with Crippen LogP contribution in [0.2, 0.25) is 0 Å². The van der Waals surface area contributed by atoms with Crippen LogP contribution in [0.15, 0.2) is 0 Å². The van der Waals surface area contributed by atoms with E-state index in [0.717, 1.165) is 12.8 Å². The van der Waals surface area contributed by atoms with E-state index >= 15 is 0 Å². The summed E-state index contributed by atoms with van der Waals surface area (Å²) in [6.45, 7) is 8.22. The zero-order valence-corrected chi connectivity index (χ0v) is 10.8. The molecule has 16 heavy (non-hydrogen) atoms. The van der Waals surface area contributed by atoms with Crippen LogP contribution in [0, 0.1) is 11.8 Å². The van der Waals surface area contributed by atoms with Crippen LogP contribution in [0.3, 0.4) is 0 Å². The smallest absolute Gasteiger partial charge is 0.335 e. The Labute approximate surface area is 98.2 Å². The molecule has 0 spiro atoms. The van der Waals surface area contributed by atoms with Crippen molar-refractivity contribution in [1.82, 2.24) is 0 Å². The van der Waals surface area contributed by atoms with Crippen LogP contribution in [-0.4, -0.2) is 22.8 Å². The molecule has 0 saturated heterocycles. The molecule has 0 aromatic heterocycles. The number of rotatable bonds is 4. The molecule has 1 fully saturated rings. The van der Waals surface area contributed by atoms with Gasteiger partial charge in [0, 0.05) is 0 Å². The van der Waals surface area contributed by atoms with Crippen LogP contribution in [-0.2, 0) is 9.53 Å². The zero-order chi connectivity index (χ0) is 12.3. The van der Waals surface area contributed by atoms with Gasteiger partial charge in [0.05, 0.1) is 6.10 Å². The average Bonchev–Trinajstić information content (AvgIpc) is 2.17. The van der Waals surface area contributed by atoms with E-state index in [1.54, 1.807) is 0 Å². The molecule has 0 atom stereocenters. The van der Waals surface area contributed by atoms with Gasteiger partial charge in [-0.3, -0.25) is 0 Å². The molecular formula is C13H24O3. The molecule has 1 aliphatic carbocycles. The van der Waals surface area contributed by atoms with Crippen molar-refractivity contribution in [1.29, 1.82) is 0 Å². The van der Waals surface area contributed by atoms with Gasteiger partial charge in [0.15, 0.2) is 5.60 Å². The Kier molecular flexibility index (Phi) is 4.36. The first-order chi connectivity index (χ1) is 7.37. The number of carboxylic acids is 1. The predicted molar refractivity (Wildman–Crippen MR) is 63.4 cm³/mol. The Morgan fingerprint density at radius 2 is 1.75 bits per heavy atom. The number of carboxylic acid groups (broad SMARTS) is 1. The van der Waals surface area contributed by atoms with Gasteiger partial charge in [0.2, 0.25) is 0 Å². The minimum atomic E-state index is -0.917. The molecule has 0 aliphatic heterocycles. The van der Waals surface area contributed by atoms with Crippen molar-refractivity contribution >= 4 is 5.97 Å². The second kappa shape index (κ2) is 5.17. The fourth-order valence-electron chi connectivity index (χ4n) is 2.61. The highest BCUT2D eigenvalue weighted by Gasteiger charge is 2.44. The van der Waals surface area contributed by atoms with Crippen LogP contribution in [0.4, 0.5) is 0 Å². The minimum absolute atomic E-state index is 0.0216. The SMILES string of the molecule is CC(C)OC1(C(=O)O)CCC(C(C)C)CC1. The second-order valence-corrected chi connectivity index (χ2v) is 5.55. The van der Waals surface area contributed by atoms with Crippen molar-refractivity contribution in [2.24, 2.45) is 11.8 Å². The van der Waals surface area contributed by atoms with E-state index in [1.807, 2.05) is 13.8 Å². The number of ether oxygens (including phenoxy) is 1. The molecule has 0 aromatic rings. The summed E-state index contributed by atoms with van der Waals surface area (Å²) in [7, 11) is 0. The summed E-state index contributed by atoms with van der Waals surface area (Å²) in [5.41, 5.74) is -0.917. The summed E-state index contributed by atoms with van der Waals surface area (Å²) < 4.78 is 5.67. The molecule has 0 radical (unpaired) electrons. The maximum absolute atomic E-state index is 11.4. The number of carbonyl (C=O) groups is 1. The highest BCUT2D eigenvalue weighted by Crippen LogP contribution is 2.38. The first-order valence-electron chi connectivity index (χ1n) is 6.28. The number of hydrogen-bond acceptors (Lipinski definition) is 2. The summed E-state index contributed by atoms with van der Waals surface area (Å²) in [5.74, 6) is 0.512. The molecular weight excluding hydrogens is 204 g/mol. The molecule has 0 unspecified atom stereocenters. The maximum Gasteiger partial charge on any atom is 0.335 e. The molecule has 1 N–H and O–H groups in total. The molecule has 94 valence electrons. The van der Waals surface area contributed by atoms with Crippen molar-refractivity contribution < 1.29 is 14.6 Å². The van der Waals surface area contributed by atoms with Gasteiger partial charge in [-0.15, -0.1) is 0 Å². The van der Waals surface area contributed by atoms with Crippen molar-refractivity contribution in [3.05, 3.63) is 0 Å². The first kappa shape index (κ1) is 13.5. The lowest BCUT2D eigenvalue weighted by Gasteiger charge is -2.39. The van der Waals surface area contributed by atoms with Gasteiger partial charge in [-0.25, -0.2) is 4.79 Å². The van der Waals surface area contributed by atoms with E-state index in [2.05, 4.69) is 13.8 Å². The second-order valence-electron chi connectivity index (χ2n) is 5.55. The standard InChI is InChI=1S/C13H24O3/c1-9(2)11-5-7-13(8-6-11,12(14)15)16-10(3)4/h9-11H,5-8H2,1-4H3,(H,14,15). The molecule has 1 aliphatic rings. The molecule has 3 heteroatoms. The van der Waals surface area contributed by atoms with Gasteiger partial charge in [-0.2, -0.15) is 0 Å². The van der Waals surface area contributed by atoms with Crippen molar-refractivity contribution in [2.75, 3.05) is 0 Å². The Balaban J connectivity index is 2.66. The quantitative estimate of drug-likeness (QED) is 0.804. The molecule has 0 heterocycles. The third-order valence-electron chi connectivity index (χ3n) is 3.63. The zero-order valence-electron chi connectivity index (χ0n) is 10.8. The third kappa shape index (κ3) is 2.97. The number of aliphatic carboxylic acids is 1. The maximum atomic E-state index is 11.4. The fourth-order valence-corrected chi connectivity index (χ4v) is 2.61. The summed E-state index contributed by atoms with van der Waals surface area (Å²) in [6, 6.07) is 0. The minimum Gasteiger partial charge on any atom is -0.479 e. The Hall–Kier alpha value is -0.570. The molecule has 1 rings (SSSR count). The Morgan fingerprint density at radius 3 is 2.06 bits per heavy atom. The van der Waals surface area contributed by atoms with Crippen LogP contribution < -0.4 is 0 Å². The predicted octanol–water partition coefficient (Wildman–Crippen LogP) is 3.08. The fraction of sp³-hybridized carbons (Fsp3) is 0.923. The molecule has 0 amide bonds. The largest absolute Gasteiger partial charge is 0.479 e. The molecule has 0 aromatic carbocycles. The lowest BCUT2D eigenvalue weighted by Crippen LogP contribution is -2.46. The third-order valence-corrected chi connectivity index (χ3v) is 3.63. The molecule has 0 bridgehead atoms. The van der Waals surface area contributed by atoms with Gasteiger partial charge in [-0.1, -0.05) is 13.8 Å². The normalized spacial score (nSPS) is 31.0. The van der Waals surface area contributed by atoms with Crippen molar-refractivity contribution in [3.63, 3.8) is 0 Å². The molecule has 1 saturated carbocycles. The van der Waals surface area contributed by atoms with E-state index in [1.165, 1.54) is 0 Å². The van der Waals surface area contributed by atoms with E-state index in [0.29, 0.717) is 24.7 Å². The lowest BCUT2D eigenvalue weighted by molar-refractivity contribution is -0.179. The van der Waals surface area contributed by atoms with Gasteiger partial charge in [-0.05, 0) is 51.4 Å². The van der Waals surface area contributed by atoms with Crippen LogP contribution in [0.1, 0.15) is 53.4 Å². The first-order valence-corrected chi connectivity index (χ1v) is 6.28. The Bertz CT molecular complexity index is 238. The van der Waals surface area contributed by atoms with Gasteiger partial charge in [0.25, 0.3) is 0 Å². The summed E-state index contributed by atoms with van der Waals surface area (Å²) >= 11 is 0. The summed E-state index contributed by atoms with van der Waals surface area (Å²) in [6.07, 6.45) is 3.23. The molecule has 3 nitrogen and oxygen atoms in total. The van der Waals surface area contributed by atoms with Crippen LogP contribution in [0.5, 0.6) is 0 Å². The van der Waals surface area contributed by atoms with E-state index in [4.69, 9.17) is 4.74 Å². The van der Waals surface area contributed by atoms with Gasteiger partial charge >= 0.3 is 5.97 Å². The van der Waals surface area contributed by atoms with Crippen molar-refractivity contribution in [2.45, 2.75) is 65.1 Å². The highest BCUT2D eigenvalue weighted by atomic mass is 16.5. The van der Waals surface area contributed by atoms with E-state index in [-0.39, 0.29) is 6.10 Å². The van der Waals surface area contributed by atoms with Crippen LogP contribution in [0.25, 0.3) is 0 Å². The summed E-state index contributed by atoms with van der Waals surface area (Å²) in [5, 5.41) is 9.34. The average molecular weight is 228 g/mol. The summed E-state index contributed by atoms with van der Waals surface area (Å²) in [4.78, 5) is 11.4. The van der Waals surface area contributed by atoms with Crippen LogP contribution >= 0.6 is 0 Å². The van der Waals surface area contributed by atoms with E-state index in [9.17, 15) is 9.90 Å². The van der Waals surface area contributed by atoms with Gasteiger partial charge < -0.3 is 9.84 Å². The van der Waals surface area contributed by atoms with E-state index < -0.39 is 11.6 Å². The lowest BCUT2D eigenvalue weighted by atomic mass is 9.74. The van der Waals surface area contributed by atoms with Gasteiger partial charge in [0.1, 0.15) is 0 Å². The topological polar surface area (TPSA) is 46.5 Å². The van der Waals surface area contributed by atoms with Crippen molar-refractivity contribution in [3.8, 4) is 0 Å². The number of hydrogen-bond donors (Lipinski definition) is 1. The highest BCUT2D eigenvalue weighted by molar-refractivity contribution is 5.77.